The van der Waals surface area contributed by atoms with Crippen molar-refractivity contribution in [2.24, 2.45) is 0 Å². The van der Waals surface area contributed by atoms with E-state index in [1.165, 1.54) is 25.1 Å². The molecule has 1 N–H and O–H groups in total. The van der Waals surface area contributed by atoms with Gasteiger partial charge in [0.1, 0.15) is 11.6 Å². The molecular formula is C10H16N4. The summed E-state index contributed by atoms with van der Waals surface area (Å²) in [5.74, 6) is 3.05. The maximum atomic E-state index is 4.34. The van der Waals surface area contributed by atoms with Crippen molar-refractivity contribution in [3.63, 3.8) is 0 Å². The molecule has 2 heterocycles. The van der Waals surface area contributed by atoms with Crippen molar-refractivity contribution in [2.75, 3.05) is 6.54 Å². The van der Waals surface area contributed by atoms with E-state index in [9.17, 15) is 0 Å². The predicted molar refractivity (Wildman–Crippen MR) is 53.0 cm³/mol. The van der Waals surface area contributed by atoms with Crippen LogP contribution in [-0.4, -0.2) is 21.3 Å². The molecule has 2 aliphatic rings. The fourth-order valence-corrected chi connectivity index (χ4v) is 2.33. The van der Waals surface area contributed by atoms with Gasteiger partial charge in [0, 0.05) is 19.0 Å². The van der Waals surface area contributed by atoms with Gasteiger partial charge in [0.05, 0.1) is 6.04 Å². The predicted octanol–water partition coefficient (Wildman–Crippen LogP) is 1.21. The van der Waals surface area contributed by atoms with Gasteiger partial charge in [0.25, 0.3) is 0 Å². The minimum Gasteiger partial charge on any atom is -0.312 e. The molecule has 0 radical (unpaired) electrons. The Hall–Kier alpha value is -0.900. The summed E-state index contributed by atoms with van der Waals surface area (Å²) in [6.45, 7) is 4.24. The molecule has 76 valence electrons. The number of hydrogen-bond donors (Lipinski definition) is 1. The minimum absolute atomic E-state index is 0.366. The second-order valence-electron chi connectivity index (χ2n) is 4.37. The Morgan fingerprint density at radius 1 is 1.29 bits per heavy atom. The van der Waals surface area contributed by atoms with E-state index in [4.69, 9.17) is 0 Å². The Bertz CT molecular complexity index is 340. The molecule has 0 saturated heterocycles. The lowest BCUT2D eigenvalue weighted by Crippen LogP contribution is -2.33. The summed E-state index contributed by atoms with van der Waals surface area (Å²) in [5.41, 5.74) is 0. The van der Waals surface area contributed by atoms with Crippen molar-refractivity contribution in [3.8, 4) is 0 Å². The Morgan fingerprint density at radius 2 is 2.07 bits per heavy atom. The molecule has 14 heavy (non-hydrogen) atoms. The van der Waals surface area contributed by atoms with Crippen LogP contribution in [0.4, 0.5) is 0 Å². The molecule has 0 bridgehead atoms. The Morgan fingerprint density at radius 3 is 2.79 bits per heavy atom. The topological polar surface area (TPSA) is 42.7 Å². The van der Waals surface area contributed by atoms with Crippen LogP contribution in [0, 0.1) is 0 Å². The van der Waals surface area contributed by atoms with Gasteiger partial charge in [-0.15, -0.1) is 10.2 Å². The van der Waals surface area contributed by atoms with Crippen molar-refractivity contribution in [1.82, 2.24) is 20.1 Å². The average molecular weight is 192 g/mol. The van der Waals surface area contributed by atoms with Gasteiger partial charge in [-0.05, 0) is 19.8 Å². The highest BCUT2D eigenvalue weighted by Crippen LogP contribution is 2.36. The zero-order chi connectivity index (χ0) is 9.54. The molecule has 1 aromatic rings. The van der Waals surface area contributed by atoms with Gasteiger partial charge in [0.15, 0.2) is 0 Å². The lowest BCUT2D eigenvalue weighted by molar-refractivity contribution is 0.365. The van der Waals surface area contributed by atoms with E-state index in [2.05, 4.69) is 27.0 Å². The smallest absolute Gasteiger partial charge is 0.149 e. The van der Waals surface area contributed by atoms with Crippen LogP contribution in [0.3, 0.4) is 0 Å². The number of hydrogen-bond acceptors (Lipinski definition) is 3. The third-order valence-electron chi connectivity index (χ3n) is 3.45. The maximum absolute atomic E-state index is 4.34. The van der Waals surface area contributed by atoms with Crippen molar-refractivity contribution < 1.29 is 0 Å². The van der Waals surface area contributed by atoms with Crippen molar-refractivity contribution >= 4 is 0 Å². The van der Waals surface area contributed by atoms with Crippen LogP contribution in [0.15, 0.2) is 0 Å². The minimum atomic E-state index is 0.366. The van der Waals surface area contributed by atoms with Crippen LogP contribution in [0.25, 0.3) is 0 Å². The molecule has 4 nitrogen and oxygen atoms in total. The summed E-state index contributed by atoms with van der Waals surface area (Å²) in [7, 11) is 0. The standard InChI is InChI=1S/C10H16N4/c1-7-9-12-13-10(8-3-2-4-8)14(9)6-5-11-7/h7-8,11H,2-6H2,1H3. The van der Waals surface area contributed by atoms with Gasteiger partial charge in [-0.3, -0.25) is 0 Å². The summed E-state index contributed by atoms with van der Waals surface area (Å²) < 4.78 is 2.32. The molecule has 1 aliphatic carbocycles. The molecule has 1 aromatic heterocycles. The Balaban J connectivity index is 1.97. The first-order valence-corrected chi connectivity index (χ1v) is 5.52. The third kappa shape index (κ3) is 1.10. The van der Waals surface area contributed by atoms with Crippen LogP contribution in [-0.2, 0) is 6.54 Å². The summed E-state index contributed by atoms with van der Waals surface area (Å²) >= 11 is 0. The molecule has 1 aliphatic heterocycles. The monoisotopic (exact) mass is 192 g/mol. The zero-order valence-electron chi connectivity index (χ0n) is 8.53. The van der Waals surface area contributed by atoms with Gasteiger partial charge in [0.2, 0.25) is 0 Å². The second kappa shape index (κ2) is 3.05. The SMILES string of the molecule is CC1NCCn2c(C3CCC3)nnc21. The largest absolute Gasteiger partial charge is 0.312 e. The molecular weight excluding hydrogens is 176 g/mol. The molecule has 1 unspecified atom stereocenters. The highest BCUT2D eigenvalue weighted by molar-refractivity contribution is 5.09. The summed E-state index contributed by atoms with van der Waals surface area (Å²) in [5, 5.41) is 12.0. The van der Waals surface area contributed by atoms with Gasteiger partial charge < -0.3 is 9.88 Å². The number of nitrogens with one attached hydrogen (secondary N) is 1. The summed E-state index contributed by atoms with van der Waals surface area (Å²) in [4.78, 5) is 0. The van der Waals surface area contributed by atoms with E-state index >= 15 is 0 Å². The normalized spacial score (nSPS) is 27.1. The van der Waals surface area contributed by atoms with Gasteiger partial charge in [-0.25, -0.2) is 0 Å². The van der Waals surface area contributed by atoms with Gasteiger partial charge >= 0.3 is 0 Å². The van der Waals surface area contributed by atoms with E-state index in [0.717, 1.165) is 18.9 Å². The van der Waals surface area contributed by atoms with E-state index in [-0.39, 0.29) is 0 Å². The molecule has 3 rings (SSSR count). The fraction of sp³-hybridized carbons (Fsp3) is 0.800. The fourth-order valence-electron chi connectivity index (χ4n) is 2.33. The third-order valence-corrected chi connectivity index (χ3v) is 3.45. The van der Waals surface area contributed by atoms with E-state index in [0.29, 0.717) is 12.0 Å². The van der Waals surface area contributed by atoms with Crippen molar-refractivity contribution in [3.05, 3.63) is 11.6 Å². The zero-order valence-corrected chi connectivity index (χ0v) is 8.53. The molecule has 0 spiro atoms. The Labute approximate surface area is 83.7 Å². The summed E-state index contributed by atoms with van der Waals surface area (Å²) in [6, 6.07) is 0.366. The van der Waals surface area contributed by atoms with E-state index in [1.54, 1.807) is 0 Å². The van der Waals surface area contributed by atoms with Crippen LogP contribution in [0.5, 0.6) is 0 Å². The lowest BCUT2D eigenvalue weighted by Gasteiger charge is -2.28. The maximum Gasteiger partial charge on any atom is 0.149 e. The van der Waals surface area contributed by atoms with Crippen molar-refractivity contribution in [1.29, 1.82) is 0 Å². The van der Waals surface area contributed by atoms with Crippen molar-refractivity contribution in [2.45, 2.75) is 44.7 Å². The average Bonchev–Trinajstić information content (AvgIpc) is 2.48. The van der Waals surface area contributed by atoms with Crippen LogP contribution in [0.2, 0.25) is 0 Å². The van der Waals surface area contributed by atoms with Gasteiger partial charge in [-0.2, -0.15) is 0 Å². The quantitative estimate of drug-likeness (QED) is 0.727. The lowest BCUT2D eigenvalue weighted by atomic mass is 9.85. The molecule has 1 atom stereocenters. The Kier molecular flexibility index (Phi) is 1.83. The van der Waals surface area contributed by atoms with E-state index < -0.39 is 0 Å². The highest BCUT2D eigenvalue weighted by Gasteiger charge is 2.29. The number of aromatic nitrogens is 3. The number of rotatable bonds is 1. The molecule has 1 saturated carbocycles. The van der Waals surface area contributed by atoms with Crippen LogP contribution >= 0.6 is 0 Å². The number of nitrogens with zero attached hydrogens (tertiary/aromatic N) is 3. The second-order valence-corrected chi connectivity index (χ2v) is 4.37. The molecule has 4 heteroatoms. The first kappa shape index (κ1) is 8.41. The molecule has 0 amide bonds. The van der Waals surface area contributed by atoms with E-state index in [1.807, 2.05) is 0 Å². The summed E-state index contributed by atoms with van der Waals surface area (Å²) in [6.07, 6.45) is 3.97. The van der Waals surface area contributed by atoms with Crippen LogP contribution < -0.4 is 5.32 Å². The first-order valence-electron chi connectivity index (χ1n) is 5.52. The number of fused-ring (bicyclic) bond motifs is 1. The first-order chi connectivity index (χ1) is 6.86. The highest BCUT2D eigenvalue weighted by atomic mass is 15.3. The molecule has 0 aromatic carbocycles. The molecule has 1 fully saturated rings. The van der Waals surface area contributed by atoms with Gasteiger partial charge in [-0.1, -0.05) is 6.42 Å². The van der Waals surface area contributed by atoms with Crippen LogP contribution in [0.1, 0.15) is 49.8 Å².